The molecule has 0 atom stereocenters. The van der Waals surface area contributed by atoms with Gasteiger partial charge in [0.15, 0.2) is 0 Å². The van der Waals surface area contributed by atoms with Gasteiger partial charge in [0, 0.05) is 13.1 Å². The summed E-state index contributed by atoms with van der Waals surface area (Å²) in [5.41, 5.74) is 5.62. The standard InChI is InChI=1S/C29H32N2O/c32-28(27(24-10-3-1-4-11-24)25-12-5-2-6-13-25)30-19-22-31-20-17-29(18-21-31)16-15-23-9-7-8-14-26(23)29/h1-14,27H,15-22H2,(H,30,32). The van der Waals surface area contributed by atoms with Crippen molar-refractivity contribution >= 4 is 5.91 Å². The SMILES string of the molecule is O=C(NCCN1CCC2(CCc3ccccc32)CC1)C(c1ccccc1)c1ccccc1. The third-order valence-electron chi connectivity index (χ3n) is 7.53. The molecule has 32 heavy (non-hydrogen) atoms. The molecule has 0 aromatic heterocycles. The van der Waals surface area contributed by atoms with Crippen molar-refractivity contribution in [3.8, 4) is 0 Å². The van der Waals surface area contributed by atoms with Crippen LogP contribution in [-0.2, 0) is 16.6 Å². The summed E-state index contributed by atoms with van der Waals surface area (Å²) in [5, 5.41) is 3.22. The molecule has 1 saturated heterocycles. The van der Waals surface area contributed by atoms with Gasteiger partial charge in [0.25, 0.3) is 0 Å². The summed E-state index contributed by atoms with van der Waals surface area (Å²) in [7, 11) is 0. The van der Waals surface area contributed by atoms with Gasteiger partial charge in [-0.1, -0.05) is 84.9 Å². The lowest BCUT2D eigenvalue weighted by Crippen LogP contribution is -2.44. The molecule has 1 aliphatic heterocycles. The maximum absolute atomic E-state index is 13.2. The summed E-state index contributed by atoms with van der Waals surface area (Å²) in [6, 6.07) is 29.2. The summed E-state index contributed by atoms with van der Waals surface area (Å²) >= 11 is 0. The highest BCUT2D eigenvalue weighted by atomic mass is 16.1. The molecule has 1 aliphatic carbocycles. The first-order chi connectivity index (χ1) is 15.8. The highest BCUT2D eigenvalue weighted by Crippen LogP contribution is 2.46. The monoisotopic (exact) mass is 424 g/mol. The molecule has 5 rings (SSSR count). The number of piperidine rings is 1. The van der Waals surface area contributed by atoms with E-state index in [2.05, 4.69) is 34.5 Å². The van der Waals surface area contributed by atoms with E-state index in [9.17, 15) is 4.79 Å². The molecule has 3 aromatic carbocycles. The van der Waals surface area contributed by atoms with E-state index in [-0.39, 0.29) is 11.8 Å². The zero-order valence-electron chi connectivity index (χ0n) is 18.7. The van der Waals surface area contributed by atoms with Crippen molar-refractivity contribution in [2.45, 2.75) is 37.0 Å². The molecular formula is C29H32N2O. The van der Waals surface area contributed by atoms with Crippen molar-refractivity contribution < 1.29 is 4.79 Å². The maximum Gasteiger partial charge on any atom is 0.232 e. The lowest BCUT2D eigenvalue weighted by molar-refractivity contribution is -0.121. The molecule has 0 unspecified atom stereocenters. The third kappa shape index (κ3) is 4.22. The van der Waals surface area contributed by atoms with Crippen LogP contribution in [0.25, 0.3) is 0 Å². The van der Waals surface area contributed by atoms with Crippen molar-refractivity contribution in [2.24, 2.45) is 0 Å². The van der Waals surface area contributed by atoms with Crippen molar-refractivity contribution in [3.05, 3.63) is 107 Å². The Morgan fingerprint density at radius 1 is 0.812 bits per heavy atom. The average molecular weight is 425 g/mol. The average Bonchev–Trinajstić information content (AvgIpc) is 3.20. The minimum absolute atomic E-state index is 0.0839. The van der Waals surface area contributed by atoms with E-state index in [1.165, 1.54) is 25.7 Å². The van der Waals surface area contributed by atoms with Gasteiger partial charge in [0.1, 0.15) is 0 Å². The number of amides is 1. The van der Waals surface area contributed by atoms with Crippen LogP contribution in [0, 0.1) is 0 Å². The molecule has 0 saturated carbocycles. The number of carbonyl (C=O) groups excluding carboxylic acids is 1. The van der Waals surface area contributed by atoms with Crippen LogP contribution in [0.4, 0.5) is 0 Å². The number of fused-ring (bicyclic) bond motifs is 2. The Labute approximate surface area is 191 Å². The minimum atomic E-state index is -0.267. The van der Waals surface area contributed by atoms with Gasteiger partial charge < -0.3 is 10.2 Å². The maximum atomic E-state index is 13.2. The fourth-order valence-electron chi connectivity index (χ4n) is 5.71. The van der Waals surface area contributed by atoms with Crippen LogP contribution in [0.1, 0.15) is 47.4 Å². The molecule has 1 N–H and O–H groups in total. The first-order valence-corrected chi connectivity index (χ1v) is 11.9. The molecule has 0 radical (unpaired) electrons. The van der Waals surface area contributed by atoms with Gasteiger partial charge in [-0.3, -0.25) is 4.79 Å². The molecule has 0 bridgehead atoms. The van der Waals surface area contributed by atoms with Crippen LogP contribution < -0.4 is 5.32 Å². The van der Waals surface area contributed by atoms with E-state index >= 15 is 0 Å². The number of hydrogen-bond acceptors (Lipinski definition) is 2. The Bertz CT molecular complexity index is 1000. The van der Waals surface area contributed by atoms with Gasteiger partial charge in [-0.25, -0.2) is 0 Å². The number of benzene rings is 3. The Morgan fingerprint density at radius 3 is 2.06 bits per heavy atom. The summed E-state index contributed by atoms with van der Waals surface area (Å²) in [4.78, 5) is 15.7. The number of carbonyl (C=O) groups is 1. The fraction of sp³-hybridized carbons (Fsp3) is 0.345. The highest BCUT2D eigenvalue weighted by molar-refractivity contribution is 5.87. The number of hydrogen-bond donors (Lipinski definition) is 1. The summed E-state index contributed by atoms with van der Waals surface area (Å²) in [6.45, 7) is 3.84. The molecule has 164 valence electrons. The van der Waals surface area contributed by atoms with Crippen LogP contribution in [0.2, 0.25) is 0 Å². The van der Waals surface area contributed by atoms with E-state index in [4.69, 9.17) is 0 Å². The lowest BCUT2D eigenvalue weighted by atomic mass is 9.74. The van der Waals surface area contributed by atoms with Crippen LogP contribution >= 0.6 is 0 Å². The van der Waals surface area contributed by atoms with Crippen LogP contribution in [-0.4, -0.2) is 37.0 Å². The summed E-state index contributed by atoms with van der Waals surface area (Å²) < 4.78 is 0. The van der Waals surface area contributed by atoms with Crippen molar-refractivity contribution in [3.63, 3.8) is 0 Å². The summed E-state index contributed by atoms with van der Waals surface area (Å²) in [6.07, 6.45) is 4.99. The van der Waals surface area contributed by atoms with Crippen LogP contribution in [0.3, 0.4) is 0 Å². The van der Waals surface area contributed by atoms with Crippen LogP contribution in [0.5, 0.6) is 0 Å². The number of nitrogens with one attached hydrogen (secondary N) is 1. The number of aryl methyl sites for hydroxylation is 1. The zero-order chi connectivity index (χ0) is 21.8. The van der Waals surface area contributed by atoms with Gasteiger partial charge in [-0.15, -0.1) is 0 Å². The normalized spacial score (nSPS) is 17.4. The highest BCUT2D eigenvalue weighted by Gasteiger charge is 2.40. The molecule has 3 nitrogen and oxygen atoms in total. The lowest BCUT2D eigenvalue weighted by Gasteiger charge is -2.40. The minimum Gasteiger partial charge on any atom is -0.354 e. The fourth-order valence-corrected chi connectivity index (χ4v) is 5.71. The zero-order valence-corrected chi connectivity index (χ0v) is 18.7. The molecule has 1 fully saturated rings. The molecule has 2 aliphatic rings. The van der Waals surface area contributed by atoms with E-state index in [0.29, 0.717) is 12.0 Å². The van der Waals surface area contributed by atoms with E-state index < -0.39 is 0 Å². The predicted octanol–water partition coefficient (Wildman–Crippen LogP) is 4.91. The first kappa shape index (κ1) is 21.0. The summed E-state index contributed by atoms with van der Waals surface area (Å²) in [5.74, 6) is -0.183. The Hall–Kier alpha value is -2.91. The molecule has 1 amide bonds. The van der Waals surface area contributed by atoms with Crippen molar-refractivity contribution in [2.75, 3.05) is 26.2 Å². The van der Waals surface area contributed by atoms with Gasteiger partial charge in [-0.05, 0) is 66.4 Å². The second-order valence-corrected chi connectivity index (χ2v) is 9.32. The van der Waals surface area contributed by atoms with Gasteiger partial charge >= 0.3 is 0 Å². The van der Waals surface area contributed by atoms with Gasteiger partial charge in [0.05, 0.1) is 5.92 Å². The van der Waals surface area contributed by atoms with Gasteiger partial charge in [0.2, 0.25) is 5.91 Å². The van der Waals surface area contributed by atoms with Crippen LogP contribution in [0.15, 0.2) is 84.9 Å². The number of nitrogens with zero attached hydrogens (tertiary/aromatic N) is 1. The quantitative estimate of drug-likeness (QED) is 0.609. The predicted molar refractivity (Wildman–Crippen MR) is 130 cm³/mol. The largest absolute Gasteiger partial charge is 0.354 e. The van der Waals surface area contributed by atoms with E-state index in [0.717, 1.165) is 30.8 Å². The Morgan fingerprint density at radius 2 is 1.41 bits per heavy atom. The molecule has 3 heteroatoms. The van der Waals surface area contributed by atoms with Gasteiger partial charge in [-0.2, -0.15) is 0 Å². The Balaban J connectivity index is 1.17. The molecular weight excluding hydrogens is 392 g/mol. The molecule has 3 aromatic rings. The van der Waals surface area contributed by atoms with Crippen molar-refractivity contribution in [1.29, 1.82) is 0 Å². The Kier molecular flexibility index (Phi) is 6.09. The topological polar surface area (TPSA) is 32.3 Å². The smallest absolute Gasteiger partial charge is 0.232 e. The molecule has 1 spiro atoms. The second-order valence-electron chi connectivity index (χ2n) is 9.32. The second kappa shape index (κ2) is 9.30. The van der Waals surface area contributed by atoms with E-state index in [1.54, 1.807) is 11.1 Å². The molecule has 1 heterocycles. The number of likely N-dealkylation sites (tertiary alicyclic amines) is 1. The first-order valence-electron chi connectivity index (χ1n) is 11.9. The third-order valence-corrected chi connectivity index (χ3v) is 7.53. The van der Waals surface area contributed by atoms with E-state index in [1.807, 2.05) is 60.7 Å². The number of rotatable bonds is 6. The van der Waals surface area contributed by atoms with Crippen molar-refractivity contribution in [1.82, 2.24) is 10.2 Å².